The van der Waals surface area contributed by atoms with Crippen molar-refractivity contribution >= 4 is 0 Å². The Morgan fingerprint density at radius 1 is 1.05 bits per heavy atom. The lowest BCUT2D eigenvalue weighted by molar-refractivity contribution is -0.137. The van der Waals surface area contributed by atoms with Crippen LogP contribution in [-0.4, -0.2) is 0 Å². The van der Waals surface area contributed by atoms with E-state index in [-0.39, 0.29) is 6.04 Å². The van der Waals surface area contributed by atoms with Crippen LogP contribution < -0.4 is 5.73 Å². The molecule has 0 fully saturated rings. The quantitative estimate of drug-likeness (QED) is 0.882. The number of benzene rings is 2. The summed E-state index contributed by atoms with van der Waals surface area (Å²) in [5.41, 5.74) is 8.29. The molecule has 2 aromatic carbocycles. The molecule has 0 saturated heterocycles. The first-order valence-electron chi connectivity index (χ1n) is 6.91. The Labute approximate surface area is 122 Å². The summed E-state index contributed by atoms with van der Waals surface area (Å²) < 4.78 is 38.1. The summed E-state index contributed by atoms with van der Waals surface area (Å²) in [6.07, 6.45) is -3.07. The summed E-state index contributed by atoms with van der Waals surface area (Å²) in [5, 5.41) is 0. The van der Waals surface area contributed by atoms with Crippen LogP contribution in [0.15, 0.2) is 48.5 Å². The second-order valence-corrected chi connectivity index (χ2v) is 5.06. The minimum absolute atomic E-state index is 0.301. The third-order valence-corrected chi connectivity index (χ3v) is 3.55. The smallest absolute Gasteiger partial charge is 0.324 e. The molecule has 2 aromatic rings. The predicted octanol–water partition coefficient (Wildman–Crippen LogP) is 4.51. The third-order valence-electron chi connectivity index (χ3n) is 3.55. The van der Waals surface area contributed by atoms with E-state index in [1.807, 2.05) is 31.2 Å². The van der Waals surface area contributed by atoms with E-state index in [4.69, 9.17) is 5.73 Å². The Kier molecular flexibility index (Phi) is 4.68. The molecule has 1 unspecified atom stereocenters. The average molecular weight is 293 g/mol. The van der Waals surface area contributed by atoms with Gasteiger partial charge in [-0.3, -0.25) is 0 Å². The van der Waals surface area contributed by atoms with Crippen molar-refractivity contribution in [2.75, 3.05) is 0 Å². The lowest BCUT2D eigenvalue weighted by Gasteiger charge is -2.17. The van der Waals surface area contributed by atoms with E-state index >= 15 is 0 Å². The number of rotatable bonds is 4. The maximum Gasteiger partial charge on any atom is 0.416 e. The highest BCUT2D eigenvalue weighted by atomic mass is 19.4. The number of halogens is 3. The van der Waals surface area contributed by atoms with Crippen molar-refractivity contribution in [3.05, 3.63) is 70.8 Å². The molecule has 0 heterocycles. The molecular formula is C17H18F3N. The number of aryl methyl sites for hydroxylation is 1. The molecule has 112 valence electrons. The molecule has 1 atom stereocenters. The lowest BCUT2D eigenvalue weighted by atomic mass is 9.94. The van der Waals surface area contributed by atoms with Gasteiger partial charge in [0.1, 0.15) is 0 Å². The summed E-state index contributed by atoms with van der Waals surface area (Å²) in [4.78, 5) is 0. The lowest BCUT2D eigenvalue weighted by Crippen LogP contribution is -2.16. The molecule has 0 aliphatic carbocycles. The Bertz CT molecular complexity index is 605. The van der Waals surface area contributed by atoms with Gasteiger partial charge in [-0.2, -0.15) is 13.2 Å². The van der Waals surface area contributed by atoms with E-state index in [0.29, 0.717) is 12.0 Å². The molecule has 0 radical (unpaired) electrons. The highest BCUT2D eigenvalue weighted by Crippen LogP contribution is 2.30. The van der Waals surface area contributed by atoms with Crippen LogP contribution in [0.25, 0.3) is 0 Å². The molecule has 2 rings (SSSR count). The number of nitrogens with two attached hydrogens (primary N) is 1. The zero-order valence-electron chi connectivity index (χ0n) is 11.8. The standard InChI is InChI=1S/C17H18F3N/c1-2-13-7-3-4-9-15(13)16(21)11-12-6-5-8-14(10-12)17(18,19)20/h3-10,16H,2,11,21H2,1H3. The third kappa shape index (κ3) is 3.85. The van der Waals surface area contributed by atoms with Gasteiger partial charge in [-0.15, -0.1) is 0 Å². The molecule has 21 heavy (non-hydrogen) atoms. The van der Waals surface area contributed by atoms with Crippen molar-refractivity contribution in [1.29, 1.82) is 0 Å². The Balaban J connectivity index is 2.22. The Hall–Kier alpha value is -1.81. The Morgan fingerprint density at radius 3 is 2.43 bits per heavy atom. The molecule has 4 heteroatoms. The highest BCUT2D eigenvalue weighted by Gasteiger charge is 2.30. The van der Waals surface area contributed by atoms with Crippen LogP contribution in [0.5, 0.6) is 0 Å². The van der Waals surface area contributed by atoms with Gasteiger partial charge in [0.25, 0.3) is 0 Å². The van der Waals surface area contributed by atoms with Gasteiger partial charge in [-0.05, 0) is 35.6 Å². The monoisotopic (exact) mass is 293 g/mol. The van der Waals surface area contributed by atoms with Crippen LogP contribution in [0.1, 0.15) is 35.2 Å². The SMILES string of the molecule is CCc1ccccc1C(N)Cc1cccc(C(F)(F)F)c1. The van der Waals surface area contributed by atoms with E-state index in [9.17, 15) is 13.2 Å². The summed E-state index contributed by atoms with van der Waals surface area (Å²) >= 11 is 0. The molecule has 0 saturated carbocycles. The normalized spacial score (nSPS) is 13.2. The number of hydrogen-bond donors (Lipinski definition) is 1. The van der Waals surface area contributed by atoms with Crippen LogP contribution in [0.3, 0.4) is 0 Å². The van der Waals surface area contributed by atoms with Gasteiger partial charge in [0.05, 0.1) is 5.56 Å². The van der Waals surface area contributed by atoms with E-state index in [2.05, 4.69) is 0 Å². The molecule has 0 amide bonds. The van der Waals surface area contributed by atoms with E-state index < -0.39 is 11.7 Å². The zero-order chi connectivity index (χ0) is 15.5. The van der Waals surface area contributed by atoms with Crippen LogP contribution in [0.2, 0.25) is 0 Å². The van der Waals surface area contributed by atoms with E-state index in [1.54, 1.807) is 6.07 Å². The van der Waals surface area contributed by atoms with Crippen LogP contribution >= 0.6 is 0 Å². The fourth-order valence-corrected chi connectivity index (χ4v) is 2.46. The summed E-state index contributed by atoms with van der Waals surface area (Å²) in [7, 11) is 0. The van der Waals surface area contributed by atoms with Crippen molar-refractivity contribution < 1.29 is 13.2 Å². The summed E-state index contributed by atoms with van der Waals surface area (Å²) in [6.45, 7) is 2.04. The fraction of sp³-hybridized carbons (Fsp3) is 0.294. The molecule has 0 bridgehead atoms. The topological polar surface area (TPSA) is 26.0 Å². The maximum absolute atomic E-state index is 12.7. The van der Waals surface area contributed by atoms with Crippen LogP contribution in [0.4, 0.5) is 13.2 Å². The number of hydrogen-bond acceptors (Lipinski definition) is 1. The van der Waals surface area contributed by atoms with Gasteiger partial charge in [-0.1, -0.05) is 49.4 Å². The maximum atomic E-state index is 12.7. The Morgan fingerprint density at radius 2 is 1.76 bits per heavy atom. The molecule has 0 spiro atoms. The van der Waals surface area contributed by atoms with Crippen molar-refractivity contribution in [1.82, 2.24) is 0 Å². The molecule has 0 aromatic heterocycles. The van der Waals surface area contributed by atoms with Crippen LogP contribution in [-0.2, 0) is 19.0 Å². The molecule has 0 aliphatic rings. The fourth-order valence-electron chi connectivity index (χ4n) is 2.46. The molecule has 2 N–H and O–H groups in total. The molecule has 1 nitrogen and oxygen atoms in total. The van der Waals surface area contributed by atoms with Gasteiger partial charge in [0.2, 0.25) is 0 Å². The van der Waals surface area contributed by atoms with Crippen molar-refractivity contribution in [3.63, 3.8) is 0 Å². The van der Waals surface area contributed by atoms with Crippen molar-refractivity contribution in [3.8, 4) is 0 Å². The zero-order valence-corrected chi connectivity index (χ0v) is 11.8. The van der Waals surface area contributed by atoms with Gasteiger partial charge in [-0.25, -0.2) is 0 Å². The van der Waals surface area contributed by atoms with Gasteiger partial charge in [0, 0.05) is 6.04 Å². The van der Waals surface area contributed by atoms with Gasteiger partial charge < -0.3 is 5.73 Å². The van der Waals surface area contributed by atoms with Gasteiger partial charge >= 0.3 is 6.18 Å². The van der Waals surface area contributed by atoms with Crippen molar-refractivity contribution in [2.45, 2.75) is 32.0 Å². The first-order valence-corrected chi connectivity index (χ1v) is 6.91. The number of alkyl halides is 3. The van der Waals surface area contributed by atoms with Gasteiger partial charge in [0.15, 0.2) is 0 Å². The van der Waals surface area contributed by atoms with E-state index in [1.165, 1.54) is 12.1 Å². The first-order chi connectivity index (χ1) is 9.91. The summed E-state index contributed by atoms with van der Waals surface area (Å²) in [6, 6.07) is 12.9. The second-order valence-electron chi connectivity index (χ2n) is 5.06. The predicted molar refractivity (Wildman–Crippen MR) is 77.9 cm³/mol. The summed E-state index contributed by atoms with van der Waals surface area (Å²) in [5.74, 6) is 0. The first kappa shape index (κ1) is 15.6. The van der Waals surface area contributed by atoms with Crippen molar-refractivity contribution in [2.24, 2.45) is 5.73 Å². The van der Waals surface area contributed by atoms with E-state index in [0.717, 1.165) is 23.6 Å². The second kappa shape index (κ2) is 6.31. The van der Waals surface area contributed by atoms with Crippen LogP contribution in [0, 0.1) is 0 Å². The highest BCUT2D eigenvalue weighted by molar-refractivity contribution is 5.33. The average Bonchev–Trinajstić information content (AvgIpc) is 2.46. The largest absolute Gasteiger partial charge is 0.416 e. The molecular weight excluding hydrogens is 275 g/mol. The molecule has 0 aliphatic heterocycles. The minimum atomic E-state index is -4.32. The minimum Gasteiger partial charge on any atom is -0.324 e.